The third-order valence-electron chi connectivity index (χ3n) is 6.17. The highest BCUT2D eigenvalue weighted by molar-refractivity contribution is 7.10. The van der Waals surface area contributed by atoms with Gasteiger partial charge in [-0.1, -0.05) is 44.2 Å². The first kappa shape index (κ1) is 22.7. The van der Waals surface area contributed by atoms with Gasteiger partial charge in [0.1, 0.15) is 17.6 Å². The predicted molar refractivity (Wildman–Crippen MR) is 134 cm³/mol. The highest BCUT2D eigenvalue weighted by Gasteiger charge is 2.22. The number of nitrogens with zero attached hydrogens (tertiary/aromatic N) is 2. The summed E-state index contributed by atoms with van der Waals surface area (Å²) in [6.07, 6.45) is 1.07. The van der Waals surface area contributed by atoms with E-state index in [4.69, 9.17) is 9.47 Å². The zero-order valence-electron chi connectivity index (χ0n) is 19.4. The van der Waals surface area contributed by atoms with Crippen LogP contribution in [0.4, 0.5) is 5.69 Å². The van der Waals surface area contributed by atoms with Gasteiger partial charge in [-0.15, -0.1) is 11.3 Å². The Bertz CT molecular complexity index is 965. The minimum atomic E-state index is 0.0876. The maximum absolute atomic E-state index is 6.52. The second-order valence-electron chi connectivity index (χ2n) is 8.64. The standard InChI is InChI=1S/C27H34N2O2S/c1-21(2)22-8-6-9-23(20-22)31-26(27-12-7-19-32-27)13-14-28-15-17-29(18-16-28)24-10-4-5-11-25(24)30-3/h4-12,19-21,26H,13-18H2,1-3H3. The van der Waals surface area contributed by atoms with Gasteiger partial charge in [0.05, 0.1) is 12.8 Å². The first-order chi connectivity index (χ1) is 15.6. The first-order valence-corrected chi connectivity index (χ1v) is 12.4. The summed E-state index contributed by atoms with van der Waals surface area (Å²) >= 11 is 1.78. The molecule has 0 N–H and O–H groups in total. The molecule has 170 valence electrons. The molecule has 1 aromatic heterocycles. The van der Waals surface area contributed by atoms with Crippen LogP contribution in [0.5, 0.6) is 11.5 Å². The van der Waals surface area contributed by atoms with E-state index in [2.05, 4.69) is 77.6 Å². The van der Waals surface area contributed by atoms with Crippen molar-refractivity contribution < 1.29 is 9.47 Å². The smallest absolute Gasteiger partial charge is 0.142 e. The number of methoxy groups -OCH3 is 1. The van der Waals surface area contributed by atoms with E-state index in [0.29, 0.717) is 5.92 Å². The van der Waals surface area contributed by atoms with Gasteiger partial charge < -0.3 is 14.4 Å². The molecule has 0 radical (unpaired) electrons. The van der Waals surface area contributed by atoms with Gasteiger partial charge in [0, 0.05) is 44.0 Å². The Balaban J connectivity index is 1.36. The molecule has 4 nitrogen and oxygen atoms in total. The van der Waals surface area contributed by atoms with Crippen LogP contribution in [-0.4, -0.2) is 44.7 Å². The van der Waals surface area contributed by atoms with E-state index in [0.717, 1.165) is 50.6 Å². The quantitative estimate of drug-likeness (QED) is 0.387. The van der Waals surface area contributed by atoms with Crippen LogP contribution in [-0.2, 0) is 0 Å². The van der Waals surface area contributed by atoms with E-state index in [-0.39, 0.29) is 6.10 Å². The zero-order valence-corrected chi connectivity index (χ0v) is 20.2. The Morgan fingerprint density at radius 2 is 1.75 bits per heavy atom. The average Bonchev–Trinajstić information content (AvgIpc) is 3.37. The lowest BCUT2D eigenvalue weighted by Gasteiger charge is -2.37. The monoisotopic (exact) mass is 450 g/mol. The van der Waals surface area contributed by atoms with Crippen LogP contribution in [0.2, 0.25) is 0 Å². The lowest BCUT2D eigenvalue weighted by molar-refractivity contribution is 0.162. The molecule has 0 amide bonds. The van der Waals surface area contributed by atoms with Crippen molar-refractivity contribution >= 4 is 17.0 Å². The van der Waals surface area contributed by atoms with E-state index < -0.39 is 0 Å². The number of hydrogen-bond donors (Lipinski definition) is 0. The van der Waals surface area contributed by atoms with Gasteiger partial charge in [-0.05, 0) is 47.2 Å². The van der Waals surface area contributed by atoms with Crippen molar-refractivity contribution in [2.45, 2.75) is 32.3 Å². The molecule has 0 saturated carbocycles. The minimum absolute atomic E-state index is 0.0876. The molecular formula is C27H34N2O2S. The molecular weight excluding hydrogens is 416 g/mol. The number of piperazine rings is 1. The summed E-state index contributed by atoms with van der Waals surface area (Å²) in [6, 6.07) is 21.2. The van der Waals surface area contributed by atoms with Gasteiger partial charge in [0.2, 0.25) is 0 Å². The van der Waals surface area contributed by atoms with Gasteiger partial charge in [0.25, 0.3) is 0 Å². The lowest BCUT2D eigenvalue weighted by Crippen LogP contribution is -2.47. The fourth-order valence-corrected chi connectivity index (χ4v) is 5.04. The Hall–Kier alpha value is -2.50. The van der Waals surface area contributed by atoms with Crippen LogP contribution < -0.4 is 14.4 Å². The van der Waals surface area contributed by atoms with Gasteiger partial charge in [-0.2, -0.15) is 0 Å². The van der Waals surface area contributed by atoms with Crippen LogP contribution in [0.25, 0.3) is 0 Å². The van der Waals surface area contributed by atoms with Crippen molar-refractivity contribution in [1.82, 2.24) is 4.90 Å². The Morgan fingerprint density at radius 3 is 2.47 bits per heavy atom. The normalized spacial score (nSPS) is 15.7. The molecule has 0 spiro atoms. The van der Waals surface area contributed by atoms with Crippen LogP contribution >= 0.6 is 11.3 Å². The topological polar surface area (TPSA) is 24.9 Å². The zero-order chi connectivity index (χ0) is 22.3. The molecule has 1 fully saturated rings. The van der Waals surface area contributed by atoms with Crippen molar-refractivity contribution in [2.75, 3.05) is 44.7 Å². The molecule has 1 saturated heterocycles. The second kappa shape index (κ2) is 10.9. The predicted octanol–water partition coefficient (Wildman–Crippen LogP) is 6.21. The van der Waals surface area contributed by atoms with E-state index in [1.54, 1.807) is 18.4 Å². The molecule has 2 heterocycles. The molecule has 32 heavy (non-hydrogen) atoms. The highest BCUT2D eigenvalue weighted by Crippen LogP contribution is 2.31. The average molecular weight is 451 g/mol. The SMILES string of the molecule is COc1ccccc1N1CCN(CCC(Oc2cccc(C(C)C)c2)c2cccs2)CC1. The van der Waals surface area contributed by atoms with Gasteiger partial charge in [-0.25, -0.2) is 0 Å². The number of thiophene rings is 1. The molecule has 0 aliphatic carbocycles. The van der Waals surface area contributed by atoms with Crippen LogP contribution in [0.3, 0.4) is 0 Å². The van der Waals surface area contributed by atoms with E-state index >= 15 is 0 Å². The minimum Gasteiger partial charge on any atom is -0.495 e. The summed E-state index contributed by atoms with van der Waals surface area (Å²) in [4.78, 5) is 6.29. The van der Waals surface area contributed by atoms with Crippen LogP contribution in [0.15, 0.2) is 66.0 Å². The maximum atomic E-state index is 6.52. The van der Waals surface area contributed by atoms with Crippen LogP contribution in [0.1, 0.15) is 42.7 Å². The van der Waals surface area contributed by atoms with Crippen molar-refractivity contribution in [3.8, 4) is 11.5 Å². The largest absolute Gasteiger partial charge is 0.495 e. The summed E-state index contributed by atoms with van der Waals surface area (Å²) < 4.78 is 12.1. The Labute approximate surface area is 196 Å². The number of rotatable bonds is 9. The Kier molecular flexibility index (Phi) is 7.72. The summed E-state index contributed by atoms with van der Waals surface area (Å²) in [5.41, 5.74) is 2.51. The third kappa shape index (κ3) is 5.64. The number of benzene rings is 2. The number of ether oxygens (including phenoxy) is 2. The summed E-state index contributed by atoms with van der Waals surface area (Å²) in [7, 11) is 1.75. The van der Waals surface area contributed by atoms with Crippen molar-refractivity contribution in [2.24, 2.45) is 0 Å². The molecule has 5 heteroatoms. The van der Waals surface area contributed by atoms with Crippen molar-refractivity contribution in [3.05, 3.63) is 76.5 Å². The second-order valence-corrected chi connectivity index (χ2v) is 9.62. The van der Waals surface area contributed by atoms with Crippen molar-refractivity contribution in [3.63, 3.8) is 0 Å². The lowest BCUT2D eigenvalue weighted by atomic mass is 10.0. The van der Waals surface area contributed by atoms with Crippen molar-refractivity contribution in [1.29, 1.82) is 0 Å². The van der Waals surface area contributed by atoms with E-state index in [1.807, 2.05) is 12.1 Å². The Morgan fingerprint density at radius 1 is 0.938 bits per heavy atom. The number of hydrogen-bond acceptors (Lipinski definition) is 5. The molecule has 1 unspecified atom stereocenters. The molecule has 4 rings (SSSR count). The van der Waals surface area contributed by atoms with Gasteiger partial charge >= 0.3 is 0 Å². The molecule has 1 atom stereocenters. The molecule has 0 bridgehead atoms. The van der Waals surface area contributed by atoms with E-state index in [1.165, 1.54) is 16.1 Å². The highest BCUT2D eigenvalue weighted by atomic mass is 32.1. The number of anilines is 1. The first-order valence-electron chi connectivity index (χ1n) is 11.5. The molecule has 2 aromatic carbocycles. The summed E-state index contributed by atoms with van der Waals surface area (Å²) in [5.74, 6) is 2.42. The fraction of sp³-hybridized carbons (Fsp3) is 0.407. The fourth-order valence-electron chi connectivity index (χ4n) is 4.25. The van der Waals surface area contributed by atoms with Gasteiger partial charge in [0.15, 0.2) is 0 Å². The van der Waals surface area contributed by atoms with E-state index in [9.17, 15) is 0 Å². The van der Waals surface area contributed by atoms with Gasteiger partial charge in [-0.3, -0.25) is 4.90 Å². The summed E-state index contributed by atoms with van der Waals surface area (Å²) in [5, 5.41) is 2.14. The summed E-state index contributed by atoms with van der Waals surface area (Å²) in [6.45, 7) is 9.62. The maximum Gasteiger partial charge on any atom is 0.142 e. The molecule has 3 aromatic rings. The van der Waals surface area contributed by atoms with Crippen LogP contribution in [0, 0.1) is 0 Å². The number of para-hydroxylation sites is 2. The molecule has 1 aliphatic heterocycles. The molecule has 1 aliphatic rings. The third-order valence-corrected chi connectivity index (χ3v) is 7.13.